The van der Waals surface area contributed by atoms with Crippen molar-refractivity contribution in [2.45, 2.75) is 13.3 Å². The minimum absolute atomic E-state index is 0.110. The van der Waals surface area contributed by atoms with Gasteiger partial charge in [0.2, 0.25) is 0 Å². The predicted molar refractivity (Wildman–Crippen MR) is 127 cm³/mol. The normalized spacial score (nSPS) is 10.3. The molecule has 0 aromatic heterocycles. The summed E-state index contributed by atoms with van der Waals surface area (Å²) in [6.45, 7) is 2.35. The Labute approximate surface area is 193 Å². The number of aryl methyl sites for hydroxylation is 1. The van der Waals surface area contributed by atoms with Crippen molar-refractivity contribution in [3.05, 3.63) is 83.4 Å². The molecule has 0 aliphatic carbocycles. The van der Waals surface area contributed by atoms with E-state index in [2.05, 4.69) is 10.6 Å². The molecule has 0 aliphatic rings. The van der Waals surface area contributed by atoms with Gasteiger partial charge in [0.25, 0.3) is 11.8 Å². The topological polar surface area (TPSA) is 85.9 Å². The Bertz CT molecular complexity index is 1080. The average Bonchev–Trinajstić information content (AvgIpc) is 2.84. The molecule has 3 aromatic carbocycles. The second kappa shape index (κ2) is 11.6. The number of benzene rings is 3. The summed E-state index contributed by atoms with van der Waals surface area (Å²) in [5.41, 5.74) is 3.38. The molecule has 0 aliphatic heterocycles. The molecule has 0 bridgehead atoms. The average molecular weight is 449 g/mol. The number of carbonyl (C=O) groups excluding carboxylic acids is 2. The van der Waals surface area contributed by atoms with E-state index < -0.39 is 0 Å². The molecule has 2 amide bonds. The number of hydrogen-bond donors (Lipinski definition) is 2. The lowest BCUT2D eigenvalue weighted by Gasteiger charge is -2.11. The maximum atomic E-state index is 12.4. The Hall–Kier alpha value is -4.00. The predicted octanol–water partition coefficient (Wildman–Crippen LogP) is 4.00. The maximum absolute atomic E-state index is 12.4. The van der Waals surface area contributed by atoms with E-state index in [0.717, 1.165) is 16.8 Å². The SMILES string of the molecule is COc1ccc(CCNC(=O)COc2ccc(C(=O)Nc3ccc(C)cc3)cc2)cc1OC. The van der Waals surface area contributed by atoms with E-state index in [1.165, 1.54) is 0 Å². The van der Waals surface area contributed by atoms with Gasteiger partial charge in [0.15, 0.2) is 18.1 Å². The Morgan fingerprint density at radius 2 is 1.55 bits per heavy atom. The Morgan fingerprint density at radius 1 is 0.848 bits per heavy atom. The van der Waals surface area contributed by atoms with Gasteiger partial charge in [-0.25, -0.2) is 0 Å². The van der Waals surface area contributed by atoms with E-state index in [-0.39, 0.29) is 18.4 Å². The molecule has 0 saturated heterocycles. The van der Waals surface area contributed by atoms with Gasteiger partial charge in [0, 0.05) is 17.8 Å². The quantitative estimate of drug-likeness (QED) is 0.490. The highest BCUT2D eigenvalue weighted by Crippen LogP contribution is 2.27. The molecule has 0 heterocycles. The van der Waals surface area contributed by atoms with Crippen molar-refractivity contribution < 1.29 is 23.8 Å². The second-order valence-corrected chi connectivity index (χ2v) is 7.42. The van der Waals surface area contributed by atoms with Crippen LogP contribution in [0.15, 0.2) is 66.7 Å². The van der Waals surface area contributed by atoms with Crippen molar-refractivity contribution in [3.63, 3.8) is 0 Å². The summed E-state index contributed by atoms with van der Waals surface area (Å²) in [7, 11) is 3.18. The molecule has 0 unspecified atom stereocenters. The molecule has 7 heteroatoms. The van der Waals surface area contributed by atoms with Gasteiger partial charge in [0.05, 0.1) is 14.2 Å². The van der Waals surface area contributed by atoms with Gasteiger partial charge < -0.3 is 24.8 Å². The first-order chi connectivity index (χ1) is 16.0. The molecule has 0 radical (unpaired) electrons. The number of nitrogens with one attached hydrogen (secondary N) is 2. The highest BCUT2D eigenvalue weighted by atomic mass is 16.5. The van der Waals surface area contributed by atoms with E-state index in [0.29, 0.717) is 35.8 Å². The lowest BCUT2D eigenvalue weighted by molar-refractivity contribution is -0.123. The van der Waals surface area contributed by atoms with Gasteiger partial charge in [-0.05, 0) is 67.4 Å². The fourth-order valence-corrected chi connectivity index (χ4v) is 3.13. The first kappa shape index (κ1) is 23.7. The first-order valence-electron chi connectivity index (χ1n) is 10.6. The third kappa shape index (κ3) is 7.00. The van der Waals surface area contributed by atoms with E-state index in [1.807, 2.05) is 49.4 Å². The molecule has 172 valence electrons. The van der Waals surface area contributed by atoms with Crippen molar-refractivity contribution in [2.75, 3.05) is 32.7 Å². The van der Waals surface area contributed by atoms with Crippen LogP contribution in [0.3, 0.4) is 0 Å². The standard InChI is InChI=1S/C26H28N2O5/c1-18-4-9-21(10-5-18)28-26(30)20-7-11-22(12-8-20)33-17-25(29)27-15-14-19-6-13-23(31-2)24(16-19)32-3/h4-13,16H,14-15,17H2,1-3H3,(H,27,29)(H,28,30). The number of hydrogen-bond acceptors (Lipinski definition) is 5. The van der Waals surface area contributed by atoms with E-state index in [1.54, 1.807) is 38.5 Å². The van der Waals surface area contributed by atoms with Gasteiger partial charge in [0.1, 0.15) is 5.75 Å². The van der Waals surface area contributed by atoms with Crippen molar-refractivity contribution in [1.82, 2.24) is 5.32 Å². The van der Waals surface area contributed by atoms with Crippen LogP contribution in [0, 0.1) is 6.92 Å². The van der Waals surface area contributed by atoms with Crippen LogP contribution in [0.2, 0.25) is 0 Å². The number of amides is 2. The minimum Gasteiger partial charge on any atom is -0.493 e. The molecule has 0 atom stereocenters. The van der Waals surface area contributed by atoms with Crippen molar-refractivity contribution >= 4 is 17.5 Å². The molecule has 0 fully saturated rings. The van der Waals surface area contributed by atoms with Crippen LogP contribution in [-0.4, -0.2) is 39.2 Å². The summed E-state index contributed by atoms with van der Waals surface area (Å²) in [4.78, 5) is 24.4. The van der Waals surface area contributed by atoms with Gasteiger partial charge in [-0.2, -0.15) is 0 Å². The molecule has 33 heavy (non-hydrogen) atoms. The van der Waals surface area contributed by atoms with Crippen molar-refractivity contribution in [2.24, 2.45) is 0 Å². The van der Waals surface area contributed by atoms with Crippen molar-refractivity contribution in [3.8, 4) is 17.2 Å². The molecular weight excluding hydrogens is 420 g/mol. The van der Waals surface area contributed by atoms with E-state index in [4.69, 9.17) is 14.2 Å². The molecule has 7 nitrogen and oxygen atoms in total. The largest absolute Gasteiger partial charge is 0.493 e. The summed E-state index contributed by atoms with van der Waals surface area (Å²) in [6, 6.07) is 19.9. The molecule has 3 aromatic rings. The Balaban J connectivity index is 1.42. The lowest BCUT2D eigenvalue weighted by Crippen LogP contribution is -2.30. The zero-order chi connectivity index (χ0) is 23.6. The number of methoxy groups -OCH3 is 2. The fourth-order valence-electron chi connectivity index (χ4n) is 3.13. The number of ether oxygens (including phenoxy) is 3. The smallest absolute Gasteiger partial charge is 0.257 e. The van der Waals surface area contributed by atoms with Crippen LogP contribution < -0.4 is 24.8 Å². The highest BCUT2D eigenvalue weighted by Gasteiger charge is 2.08. The first-order valence-corrected chi connectivity index (χ1v) is 10.6. The molecule has 0 saturated carbocycles. The van der Waals surface area contributed by atoms with Gasteiger partial charge in [-0.1, -0.05) is 23.8 Å². The third-order valence-corrected chi connectivity index (χ3v) is 4.98. The number of rotatable bonds is 10. The monoisotopic (exact) mass is 448 g/mol. The van der Waals surface area contributed by atoms with E-state index in [9.17, 15) is 9.59 Å². The minimum atomic E-state index is -0.225. The zero-order valence-corrected chi connectivity index (χ0v) is 19.0. The Morgan fingerprint density at radius 3 is 2.21 bits per heavy atom. The Kier molecular flexibility index (Phi) is 8.30. The molecule has 2 N–H and O–H groups in total. The van der Waals surface area contributed by atoms with Crippen molar-refractivity contribution in [1.29, 1.82) is 0 Å². The highest BCUT2D eigenvalue weighted by molar-refractivity contribution is 6.04. The van der Waals surface area contributed by atoms with Crippen LogP contribution in [0.4, 0.5) is 5.69 Å². The lowest BCUT2D eigenvalue weighted by atomic mass is 10.1. The molecule has 3 rings (SSSR count). The fraction of sp³-hybridized carbons (Fsp3) is 0.231. The summed E-state index contributed by atoms with van der Waals surface area (Å²) < 4.78 is 16.0. The van der Waals surface area contributed by atoms with Gasteiger partial charge in [-0.15, -0.1) is 0 Å². The van der Waals surface area contributed by atoms with Crippen LogP contribution in [0.1, 0.15) is 21.5 Å². The summed E-state index contributed by atoms with van der Waals surface area (Å²) >= 11 is 0. The summed E-state index contributed by atoms with van der Waals surface area (Å²) in [5, 5.41) is 5.67. The maximum Gasteiger partial charge on any atom is 0.257 e. The van der Waals surface area contributed by atoms with Crippen LogP contribution in [0.5, 0.6) is 17.2 Å². The molecular formula is C26H28N2O5. The summed E-state index contributed by atoms with van der Waals surface area (Å²) in [5.74, 6) is 1.39. The van der Waals surface area contributed by atoms with Crippen LogP contribution >= 0.6 is 0 Å². The molecule has 0 spiro atoms. The van der Waals surface area contributed by atoms with Crippen LogP contribution in [0.25, 0.3) is 0 Å². The number of carbonyl (C=O) groups is 2. The second-order valence-electron chi connectivity index (χ2n) is 7.42. The van der Waals surface area contributed by atoms with E-state index >= 15 is 0 Å². The summed E-state index contributed by atoms with van der Waals surface area (Å²) in [6.07, 6.45) is 0.650. The van der Waals surface area contributed by atoms with Gasteiger partial charge in [-0.3, -0.25) is 9.59 Å². The zero-order valence-electron chi connectivity index (χ0n) is 19.0. The van der Waals surface area contributed by atoms with Crippen LogP contribution in [-0.2, 0) is 11.2 Å². The number of anilines is 1. The van der Waals surface area contributed by atoms with Gasteiger partial charge >= 0.3 is 0 Å². The third-order valence-electron chi connectivity index (χ3n) is 4.98.